The maximum atomic E-state index is 12.5. The summed E-state index contributed by atoms with van der Waals surface area (Å²) in [5.74, 6) is -0.0847. The molecule has 2 aromatic rings. The van der Waals surface area contributed by atoms with Gasteiger partial charge in [0.25, 0.3) is 5.91 Å². The van der Waals surface area contributed by atoms with Crippen molar-refractivity contribution in [3.63, 3.8) is 0 Å². The van der Waals surface area contributed by atoms with E-state index in [2.05, 4.69) is 5.32 Å². The number of nitrogens with one attached hydrogen (secondary N) is 1. The second-order valence-corrected chi connectivity index (χ2v) is 10.9. The van der Waals surface area contributed by atoms with Gasteiger partial charge in [0.05, 0.1) is 9.79 Å². The Kier molecular flexibility index (Phi) is 9.41. The van der Waals surface area contributed by atoms with Gasteiger partial charge in [-0.25, -0.2) is 16.8 Å². The molecule has 0 aliphatic heterocycles. The lowest BCUT2D eigenvalue weighted by atomic mass is 10.3. The summed E-state index contributed by atoms with van der Waals surface area (Å²) >= 11 is 0. The first-order valence-corrected chi connectivity index (χ1v) is 13.6. The van der Waals surface area contributed by atoms with E-state index in [0.717, 1.165) is 0 Å². The number of benzene rings is 2. The van der Waals surface area contributed by atoms with Gasteiger partial charge in [-0.15, -0.1) is 0 Å². The highest BCUT2D eigenvalue weighted by atomic mass is 32.2. The Morgan fingerprint density at radius 1 is 0.727 bits per heavy atom. The molecule has 0 radical (unpaired) electrons. The Morgan fingerprint density at radius 2 is 1.12 bits per heavy atom. The molecule has 1 amide bonds. The second kappa shape index (κ2) is 11.6. The van der Waals surface area contributed by atoms with Crippen molar-refractivity contribution in [1.82, 2.24) is 8.61 Å². The molecule has 0 heterocycles. The number of nitrogens with zero attached hydrogens (tertiary/aromatic N) is 2. The Morgan fingerprint density at radius 3 is 1.52 bits per heavy atom. The Hall–Kier alpha value is -2.47. The third kappa shape index (κ3) is 6.53. The van der Waals surface area contributed by atoms with Crippen LogP contribution in [0.3, 0.4) is 0 Å². The van der Waals surface area contributed by atoms with Gasteiger partial charge in [0.1, 0.15) is 5.75 Å². The van der Waals surface area contributed by atoms with Crippen molar-refractivity contribution in [3.8, 4) is 5.75 Å². The Balaban J connectivity index is 1.97. The summed E-state index contributed by atoms with van der Waals surface area (Å²) in [6.45, 7) is 8.29. The summed E-state index contributed by atoms with van der Waals surface area (Å²) in [4.78, 5) is 12.5. The van der Waals surface area contributed by atoms with Gasteiger partial charge in [-0.3, -0.25) is 4.79 Å². The molecule has 1 N–H and O–H groups in total. The molecule has 2 aromatic carbocycles. The van der Waals surface area contributed by atoms with Crippen LogP contribution in [0.15, 0.2) is 58.3 Å². The fraction of sp³-hybridized carbons (Fsp3) is 0.409. The molecule has 11 heteroatoms. The van der Waals surface area contributed by atoms with Gasteiger partial charge >= 0.3 is 0 Å². The standard InChI is InChI=1S/C22H31N3O6S2/c1-5-24(6-2)32(27,28)20-13-9-18(10-14-20)23-22(26)17-31-19-11-15-21(16-12-19)33(29,30)25(7-3)8-4/h9-16H,5-8,17H2,1-4H3,(H,23,26). The highest BCUT2D eigenvalue weighted by Crippen LogP contribution is 2.20. The molecule has 0 saturated carbocycles. The molecular formula is C22H31N3O6S2. The number of anilines is 1. The van der Waals surface area contributed by atoms with E-state index < -0.39 is 26.0 Å². The van der Waals surface area contributed by atoms with E-state index in [-0.39, 0.29) is 16.4 Å². The summed E-state index contributed by atoms with van der Waals surface area (Å²) in [5, 5.41) is 2.64. The molecule has 0 aliphatic carbocycles. The van der Waals surface area contributed by atoms with Crippen LogP contribution in [0.4, 0.5) is 5.69 Å². The average molecular weight is 498 g/mol. The molecule has 0 aromatic heterocycles. The van der Waals surface area contributed by atoms with Crippen LogP contribution in [0.1, 0.15) is 27.7 Å². The first kappa shape index (κ1) is 26.8. The molecule has 9 nitrogen and oxygen atoms in total. The minimum atomic E-state index is -3.57. The number of carbonyl (C=O) groups is 1. The molecule has 0 unspecified atom stereocenters. The number of carbonyl (C=O) groups excluding carboxylic acids is 1. The molecule has 0 bridgehead atoms. The fourth-order valence-electron chi connectivity index (χ4n) is 3.19. The van der Waals surface area contributed by atoms with Gasteiger partial charge in [-0.1, -0.05) is 27.7 Å². The number of sulfonamides is 2. The van der Waals surface area contributed by atoms with E-state index in [1.165, 1.54) is 57.1 Å². The largest absolute Gasteiger partial charge is 0.484 e. The normalized spacial score (nSPS) is 12.2. The first-order chi connectivity index (χ1) is 15.6. The van der Waals surface area contributed by atoms with E-state index in [1.54, 1.807) is 27.7 Å². The predicted octanol–water partition coefficient (Wildman–Crippen LogP) is 2.77. The smallest absolute Gasteiger partial charge is 0.262 e. The molecule has 0 saturated heterocycles. The number of rotatable bonds is 12. The minimum absolute atomic E-state index is 0.153. The van der Waals surface area contributed by atoms with Crippen LogP contribution in [0.2, 0.25) is 0 Å². The molecule has 0 atom stereocenters. The van der Waals surface area contributed by atoms with Crippen molar-refractivity contribution in [2.45, 2.75) is 37.5 Å². The van der Waals surface area contributed by atoms with Crippen molar-refractivity contribution in [1.29, 1.82) is 0 Å². The molecule has 0 fully saturated rings. The van der Waals surface area contributed by atoms with Crippen molar-refractivity contribution in [2.24, 2.45) is 0 Å². The van der Waals surface area contributed by atoms with E-state index >= 15 is 0 Å². The van der Waals surface area contributed by atoms with Crippen molar-refractivity contribution >= 4 is 31.6 Å². The average Bonchev–Trinajstić information content (AvgIpc) is 2.79. The van der Waals surface area contributed by atoms with Gasteiger partial charge in [0, 0.05) is 31.9 Å². The second-order valence-electron chi connectivity index (χ2n) is 7.01. The molecule has 0 aliphatic rings. The van der Waals surface area contributed by atoms with Gasteiger partial charge in [0.2, 0.25) is 20.0 Å². The van der Waals surface area contributed by atoms with E-state index in [1.807, 2.05) is 0 Å². The van der Waals surface area contributed by atoms with E-state index in [4.69, 9.17) is 4.74 Å². The zero-order valence-corrected chi connectivity index (χ0v) is 20.9. The topological polar surface area (TPSA) is 113 Å². The van der Waals surface area contributed by atoms with Gasteiger partial charge < -0.3 is 10.1 Å². The van der Waals surface area contributed by atoms with Gasteiger partial charge in [0.15, 0.2) is 6.61 Å². The first-order valence-electron chi connectivity index (χ1n) is 10.7. The fourth-order valence-corrected chi connectivity index (χ4v) is 6.11. The SMILES string of the molecule is CCN(CC)S(=O)(=O)c1ccc(NC(=O)COc2ccc(S(=O)(=O)N(CC)CC)cc2)cc1. The lowest BCUT2D eigenvalue weighted by Crippen LogP contribution is -2.30. The Bertz CT molecular complexity index is 1120. The summed E-state index contributed by atoms with van der Waals surface area (Å²) in [6.07, 6.45) is 0. The number of hydrogen-bond acceptors (Lipinski definition) is 6. The monoisotopic (exact) mass is 497 g/mol. The number of hydrogen-bond donors (Lipinski definition) is 1. The maximum absolute atomic E-state index is 12.5. The van der Waals surface area contributed by atoms with Gasteiger partial charge in [-0.2, -0.15) is 8.61 Å². The summed E-state index contributed by atoms with van der Waals surface area (Å²) in [7, 11) is -7.13. The van der Waals surface area contributed by atoms with Crippen molar-refractivity contribution in [3.05, 3.63) is 48.5 Å². The summed E-state index contributed by atoms with van der Waals surface area (Å²) in [6, 6.07) is 11.8. The molecule has 33 heavy (non-hydrogen) atoms. The third-order valence-corrected chi connectivity index (χ3v) is 9.15. The lowest BCUT2D eigenvalue weighted by Gasteiger charge is -2.18. The van der Waals surface area contributed by atoms with Crippen LogP contribution in [0.25, 0.3) is 0 Å². The highest BCUT2D eigenvalue weighted by Gasteiger charge is 2.22. The highest BCUT2D eigenvalue weighted by molar-refractivity contribution is 7.89. The van der Waals surface area contributed by atoms with Crippen LogP contribution in [-0.4, -0.2) is 64.1 Å². The van der Waals surface area contributed by atoms with Crippen LogP contribution >= 0.6 is 0 Å². The van der Waals surface area contributed by atoms with Crippen LogP contribution < -0.4 is 10.1 Å². The molecule has 0 spiro atoms. The van der Waals surface area contributed by atoms with Crippen molar-refractivity contribution < 1.29 is 26.4 Å². The quantitative estimate of drug-likeness (QED) is 0.482. The lowest BCUT2D eigenvalue weighted by molar-refractivity contribution is -0.118. The van der Waals surface area contributed by atoms with Crippen LogP contribution in [-0.2, 0) is 24.8 Å². The van der Waals surface area contributed by atoms with Gasteiger partial charge in [-0.05, 0) is 48.5 Å². The third-order valence-electron chi connectivity index (χ3n) is 5.02. The summed E-state index contributed by atoms with van der Waals surface area (Å²) in [5.41, 5.74) is 0.433. The Labute approximate surface area is 196 Å². The minimum Gasteiger partial charge on any atom is -0.484 e. The van der Waals surface area contributed by atoms with Crippen LogP contribution in [0.5, 0.6) is 5.75 Å². The molecule has 2 rings (SSSR count). The van der Waals surface area contributed by atoms with Crippen molar-refractivity contribution in [2.75, 3.05) is 38.1 Å². The molecule has 182 valence electrons. The zero-order valence-electron chi connectivity index (χ0n) is 19.3. The van der Waals surface area contributed by atoms with E-state index in [0.29, 0.717) is 37.6 Å². The number of ether oxygens (including phenoxy) is 1. The predicted molar refractivity (Wildman–Crippen MR) is 127 cm³/mol. The zero-order chi connectivity index (χ0) is 24.6. The summed E-state index contributed by atoms with van der Waals surface area (Å²) < 4.78 is 58.2. The molecular weight excluding hydrogens is 466 g/mol. The van der Waals surface area contributed by atoms with Crippen LogP contribution in [0, 0.1) is 0 Å². The maximum Gasteiger partial charge on any atom is 0.262 e. The number of amides is 1. The van der Waals surface area contributed by atoms with E-state index in [9.17, 15) is 21.6 Å².